The summed E-state index contributed by atoms with van der Waals surface area (Å²) in [4.78, 5) is 36.1. The molecule has 6 nitrogen and oxygen atoms in total. The zero-order valence-corrected chi connectivity index (χ0v) is 18.6. The molecule has 0 aliphatic rings. The molecule has 0 heterocycles. The molecule has 29 heavy (non-hydrogen) atoms. The lowest BCUT2D eigenvalue weighted by Gasteiger charge is -2.33. The molecule has 0 aromatic carbocycles. The molecule has 0 saturated heterocycles. The van der Waals surface area contributed by atoms with Crippen LogP contribution >= 0.6 is 11.8 Å². The molecule has 0 N–H and O–H groups in total. The number of halogens is 3. The number of hydrogen-bond acceptors (Lipinski definition) is 7. The van der Waals surface area contributed by atoms with Crippen LogP contribution < -0.4 is 0 Å². The van der Waals surface area contributed by atoms with Gasteiger partial charge in [0.05, 0.1) is 36.9 Å². The summed E-state index contributed by atoms with van der Waals surface area (Å²) in [6, 6.07) is 0. The summed E-state index contributed by atoms with van der Waals surface area (Å²) in [5.74, 6) is -1.57. The predicted octanol–water partition coefficient (Wildman–Crippen LogP) is 4.36. The zero-order chi connectivity index (χ0) is 22.9. The first-order valence-electron chi connectivity index (χ1n) is 9.25. The van der Waals surface area contributed by atoms with Gasteiger partial charge >= 0.3 is 24.1 Å². The molecule has 0 bridgehead atoms. The van der Waals surface area contributed by atoms with E-state index in [9.17, 15) is 27.6 Å². The molecule has 0 amide bonds. The van der Waals surface area contributed by atoms with Crippen molar-refractivity contribution >= 4 is 29.7 Å². The number of alkyl halides is 3. The Labute approximate surface area is 174 Å². The minimum atomic E-state index is -4.41. The fraction of sp³-hybridized carbons (Fsp3) is 0.842. The zero-order valence-electron chi connectivity index (χ0n) is 17.8. The molecule has 0 rings (SSSR count). The Morgan fingerprint density at radius 3 is 2.10 bits per heavy atom. The molecule has 0 aromatic heterocycles. The Bertz CT molecular complexity index is 565. The van der Waals surface area contributed by atoms with Crippen molar-refractivity contribution in [3.05, 3.63) is 0 Å². The lowest BCUT2D eigenvalue weighted by Crippen LogP contribution is -2.39. The highest BCUT2D eigenvalue weighted by Gasteiger charge is 2.43. The molecule has 0 radical (unpaired) electrons. The van der Waals surface area contributed by atoms with Crippen LogP contribution in [-0.2, 0) is 28.6 Å². The Morgan fingerprint density at radius 2 is 1.62 bits per heavy atom. The monoisotopic (exact) mass is 444 g/mol. The van der Waals surface area contributed by atoms with Gasteiger partial charge in [-0.25, -0.2) is 0 Å². The number of hydrogen-bond donors (Lipinski definition) is 0. The second-order valence-electron chi connectivity index (χ2n) is 7.82. The molecule has 0 saturated carbocycles. The summed E-state index contributed by atoms with van der Waals surface area (Å²) in [7, 11) is 1.30. The first-order chi connectivity index (χ1) is 13.2. The predicted molar refractivity (Wildman–Crippen MR) is 103 cm³/mol. The van der Waals surface area contributed by atoms with E-state index in [-0.39, 0.29) is 24.2 Å². The van der Waals surface area contributed by atoms with E-state index in [0.717, 1.165) is 0 Å². The average Bonchev–Trinajstić information content (AvgIpc) is 2.62. The Balaban J connectivity index is 4.69. The van der Waals surface area contributed by atoms with Crippen molar-refractivity contribution in [2.24, 2.45) is 16.7 Å². The van der Waals surface area contributed by atoms with Crippen LogP contribution in [-0.4, -0.2) is 49.5 Å². The van der Waals surface area contributed by atoms with Gasteiger partial charge in [0.2, 0.25) is 0 Å². The van der Waals surface area contributed by atoms with Gasteiger partial charge in [-0.15, -0.1) is 11.8 Å². The van der Waals surface area contributed by atoms with E-state index in [4.69, 9.17) is 9.47 Å². The first kappa shape index (κ1) is 27.5. The maximum Gasteiger partial charge on any atom is 0.392 e. The van der Waals surface area contributed by atoms with Crippen LogP contribution in [0.5, 0.6) is 0 Å². The second-order valence-corrected chi connectivity index (χ2v) is 8.80. The van der Waals surface area contributed by atoms with Crippen LogP contribution in [0.15, 0.2) is 0 Å². The minimum absolute atomic E-state index is 0.0302. The molecule has 0 spiro atoms. The molecule has 2 unspecified atom stereocenters. The number of thioether (sulfide) groups is 1. The molecule has 0 aromatic rings. The van der Waals surface area contributed by atoms with Gasteiger partial charge in [0.25, 0.3) is 0 Å². The second kappa shape index (κ2) is 11.7. The van der Waals surface area contributed by atoms with Gasteiger partial charge in [0.1, 0.15) is 5.94 Å². The third-order valence-electron chi connectivity index (χ3n) is 4.52. The van der Waals surface area contributed by atoms with Gasteiger partial charge in [-0.2, -0.15) is 13.2 Å². The number of carbonyl (C=O) groups excluding carboxylic acids is 3. The normalized spacial score (nSPS) is 15.2. The summed E-state index contributed by atoms with van der Waals surface area (Å²) in [5, 5.41) is 0. The van der Waals surface area contributed by atoms with Gasteiger partial charge < -0.3 is 14.2 Å². The van der Waals surface area contributed by atoms with Crippen molar-refractivity contribution in [2.45, 2.75) is 60.1 Å². The van der Waals surface area contributed by atoms with E-state index < -0.39 is 42.0 Å². The summed E-state index contributed by atoms with van der Waals surface area (Å²) in [6.07, 6.45) is -5.27. The van der Waals surface area contributed by atoms with Gasteiger partial charge in [0.15, 0.2) is 0 Å². The standard InChI is InChI=1S/C19H31F3O6S/c1-7-18(5,16(25)27-9-8-19(20,21)22)11-17(3,4)15(24)28-12-29-10-13(2)14(23)26-6/h13H,7-12H2,1-6H3. The maximum atomic E-state index is 12.4. The fourth-order valence-electron chi connectivity index (χ4n) is 2.61. The molecule has 2 atom stereocenters. The van der Waals surface area contributed by atoms with Crippen LogP contribution in [0.1, 0.15) is 53.9 Å². The third-order valence-corrected chi connectivity index (χ3v) is 5.54. The number of ether oxygens (including phenoxy) is 3. The van der Waals surface area contributed by atoms with Crippen molar-refractivity contribution in [3.8, 4) is 0 Å². The van der Waals surface area contributed by atoms with E-state index in [0.29, 0.717) is 12.2 Å². The summed E-state index contributed by atoms with van der Waals surface area (Å²) in [5.41, 5.74) is -2.18. The van der Waals surface area contributed by atoms with Crippen LogP contribution in [0.4, 0.5) is 13.2 Å². The summed E-state index contributed by atoms with van der Waals surface area (Å²) >= 11 is 1.25. The van der Waals surface area contributed by atoms with Crippen molar-refractivity contribution in [2.75, 3.05) is 25.4 Å². The lowest BCUT2D eigenvalue weighted by molar-refractivity contribution is -0.170. The van der Waals surface area contributed by atoms with Crippen LogP contribution in [0.3, 0.4) is 0 Å². The van der Waals surface area contributed by atoms with E-state index in [1.54, 1.807) is 34.6 Å². The summed E-state index contributed by atoms with van der Waals surface area (Å²) < 4.78 is 51.4. The number of carbonyl (C=O) groups is 3. The molecule has 170 valence electrons. The van der Waals surface area contributed by atoms with E-state index in [2.05, 4.69) is 4.74 Å². The van der Waals surface area contributed by atoms with E-state index >= 15 is 0 Å². The number of rotatable bonds is 12. The van der Waals surface area contributed by atoms with Gasteiger partial charge in [-0.1, -0.05) is 13.8 Å². The number of esters is 3. The smallest absolute Gasteiger partial charge is 0.392 e. The average molecular weight is 445 g/mol. The highest BCUT2D eigenvalue weighted by atomic mass is 32.2. The highest BCUT2D eigenvalue weighted by molar-refractivity contribution is 7.99. The SMILES string of the molecule is CCC(C)(CC(C)(C)C(=O)OCSCC(C)C(=O)OC)C(=O)OCCC(F)(F)F. The maximum absolute atomic E-state index is 12.4. The van der Waals surface area contributed by atoms with Crippen LogP contribution in [0.25, 0.3) is 0 Å². The third kappa shape index (κ3) is 10.2. The number of methoxy groups -OCH3 is 1. The molecular weight excluding hydrogens is 413 g/mol. The van der Waals surface area contributed by atoms with E-state index in [1.165, 1.54) is 18.9 Å². The van der Waals surface area contributed by atoms with Gasteiger partial charge in [-0.05, 0) is 33.6 Å². The van der Waals surface area contributed by atoms with Crippen LogP contribution in [0, 0.1) is 16.7 Å². The first-order valence-corrected chi connectivity index (χ1v) is 10.4. The van der Waals surface area contributed by atoms with Crippen molar-refractivity contribution in [1.29, 1.82) is 0 Å². The summed E-state index contributed by atoms with van der Waals surface area (Å²) in [6.45, 7) is 7.42. The van der Waals surface area contributed by atoms with Crippen molar-refractivity contribution in [3.63, 3.8) is 0 Å². The topological polar surface area (TPSA) is 78.9 Å². The Kier molecular flexibility index (Phi) is 11.1. The van der Waals surface area contributed by atoms with Gasteiger partial charge in [-0.3, -0.25) is 14.4 Å². The Hall–Kier alpha value is -1.45. The van der Waals surface area contributed by atoms with Crippen molar-refractivity contribution in [1.82, 2.24) is 0 Å². The molecular formula is C19H31F3O6S. The molecule has 0 fully saturated rings. The van der Waals surface area contributed by atoms with E-state index in [1.807, 2.05) is 0 Å². The van der Waals surface area contributed by atoms with Crippen molar-refractivity contribution < 1.29 is 41.8 Å². The molecule has 0 aliphatic carbocycles. The molecule has 10 heteroatoms. The minimum Gasteiger partial charge on any atom is -0.469 e. The lowest BCUT2D eigenvalue weighted by atomic mass is 9.72. The largest absolute Gasteiger partial charge is 0.469 e. The highest BCUT2D eigenvalue weighted by Crippen LogP contribution is 2.39. The Morgan fingerprint density at radius 1 is 1.03 bits per heavy atom. The van der Waals surface area contributed by atoms with Gasteiger partial charge in [0, 0.05) is 5.75 Å². The molecule has 0 aliphatic heterocycles. The quantitative estimate of drug-likeness (QED) is 0.192. The van der Waals surface area contributed by atoms with Crippen LogP contribution in [0.2, 0.25) is 0 Å². The fourth-order valence-corrected chi connectivity index (χ4v) is 3.38.